The van der Waals surface area contributed by atoms with E-state index in [1.54, 1.807) is 7.05 Å². The van der Waals surface area contributed by atoms with Crippen molar-refractivity contribution in [2.24, 2.45) is 4.99 Å². The molecule has 0 radical (unpaired) electrons. The zero-order valence-electron chi connectivity index (χ0n) is 9.99. The molecule has 2 aromatic carbocycles. The second-order valence-electron chi connectivity index (χ2n) is 3.97. The summed E-state index contributed by atoms with van der Waals surface area (Å²) in [6.07, 6.45) is 1.82. The second kappa shape index (κ2) is 4.41. The Labute approximate surface area is 105 Å². The number of hydrogen-bond acceptors (Lipinski definition) is 3. The van der Waals surface area contributed by atoms with E-state index < -0.39 is 0 Å². The SMILES string of the molecule is C/N=C/c1ccc(-n2nnc3ccccc32)cc1. The Morgan fingerprint density at radius 3 is 2.61 bits per heavy atom. The highest BCUT2D eigenvalue weighted by Gasteiger charge is 2.04. The van der Waals surface area contributed by atoms with Gasteiger partial charge in [-0.15, -0.1) is 5.10 Å². The highest BCUT2D eigenvalue weighted by molar-refractivity contribution is 5.80. The van der Waals surface area contributed by atoms with E-state index in [-0.39, 0.29) is 0 Å². The molecule has 0 aliphatic rings. The van der Waals surface area contributed by atoms with Gasteiger partial charge in [-0.3, -0.25) is 4.99 Å². The fourth-order valence-electron chi connectivity index (χ4n) is 1.91. The molecule has 0 saturated heterocycles. The molecular weight excluding hydrogens is 224 g/mol. The lowest BCUT2D eigenvalue weighted by Crippen LogP contribution is -1.96. The largest absolute Gasteiger partial charge is 0.296 e. The van der Waals surface area contributed by atoms with E-state index in [9.17, 15) is 0 Å². The predicted octanol–water partition coefficient (Wildman–Crippen LogP) is 2.47. The Bertz CT molecular complexity index is 695. The number of fused-ring (bicyclic) bond motifs is 1. The first kappa shape index (κ1) is 10.7. The van der Waals surface area contributed by atoms with E-state index in [1.165, 1.54) is 0 Å². The molecule has 4 nitrogen and oxygen atoms in total. The lowest BCUT2D eigenvalue weighted by Gasteiger charge is -2.02. The summed E-state index contributed by atoms with van der Waals surface area (Å²) in [5, 5.41) is 8.31. The predicted molar refractivity (Wildman–Crippen MR) is 72.4 cm³/mol. The van der Waals surface area contributed by atoms with Crippen molar-refractivity contribution >= 4 is 17.2 Å². The molecule has 0 N–H and O–H groups in total. The van der Waals surface area contributed by atoms with Gasteiger partial charge in [0, 0.05) is 13.3 Å². The van der Waals surface area contributed by atoms with Gasteiger partial charge >= 0.3 is 0 Å². The second-order valence-corrected chi connectivity index (χ2v) is 3.97. The lowest BCUT2D eigenvalue weighted by molar-refractivity contribution is 0.824. The molecule has 0 aliphatic heterocycles. The fraction of sp³-hybridized carbons (Fsp3) is 0.0714. The number of nitrogens with zero attached hydrogens (tertiary/aromatic N) is 4. The van der Waals surface area contributed by atoms with Crippen LogP contribution in [0.5, 0.6) is 0 Å². The molecule has 3 aromatic rings. The average molecular weight is 236 g/mol. The van der Waals surface area contributed by atoms with E-state index in [0.29, 0.717) is 0 Å². The van der Waals surface area contributed by atoms with E-state index in [4.69, 9.17) is 0 Å². The first-order valence-corrected chi connectivity index (χ1v) is 5.71. The minimum atomic E-state index is 0.900. The van der Waals surface area contributed by atoms with Crippen molar-refractivity contribution in [3.63, 3.8) is 0 Å². The minimum absolute atomic E-state index is 0.900. The number of aromatic nitrogens is 3. The highest BCUT2D eigenvalue weighted by Crippen LogP contribution is 2.15. The van der Waals surface area contributed by atoms with Crippen LogP contribution in [0.15, 0.2) is 53.5 Å². The summed E-state index contributed by atoms with van der Waals surface area (Å²) in [6.45, 7) is 0. The molecule has 1 aromatic heterocycles. The van der Waals surface area contributed by atoms with Gasteiger partial charge in [0.15, 0.2) is 0 Å². The van der Waals surface area contributed by atoms with Gasteiger partial charge in [0.2, 0.25) is 0 Å². The molecule has 0 amide bonds. The molecule has 88 valence electrons. The summed E-state index contributed by atoms with van der Waals surface area (Å²) >= 11 is 0. The molecule has 18 heavy (non-hydrogen) atoms. The zero-order chi connectivity index (χ0) is 12.4. The topological polar surface area (TPSA) is 43.1 Å². The van der Waals surface area contributed by atoms with Crippen molar-refractivity contribution in [3.05, 3.63) is 54.1 Å². The van der Waals surface area contributed by atoms with Crippen LogP contribution in [0.3, 0.4) is 0 Å². The van der Waals surface area contributed by atoms with E-state index in [0.717, 1.165) is 22.3 Å². The third-order valence-electron chi connectivity index (χ3n) is 2.77. The third kappa shape index (κ3) is 1.78. The van der Waals surface area contributed by atoms with Gasteiger partial charge in [0.1, 0.15) is 5.52 Å². The highest BCUT2D eigenvalue weighted by atomic mass is 15.4. The first-order chi connectivity index (χ1) is 8.88. The smallest absolute Gasteiger partial charge is 0.113 e. The summed E-state index contributed by atoms with van der Waals surface area (Å²) in [5.41, 5.74) is 3.98. The van der Waals surface area contributed by atoms with Crippen LogP contribution in [0.25, 0.3) is 16.7 Å². The number of aliphatic imine (C=N–C) groups is 1. The van der Waals surface area contributed by atoms with Gasteiger partial charge in [-0.2, -0.15) is 0 Å². The monoisotopic (exact) mass is 236 g/mol. The molecule has 3 rings (SSSR count). The van der Waals surface area contributed by atoms with E-state index in [1.807, 2.05) is 59.4 Å². The van der Waals surface area contributed by atoms with Gasteiger partial charge in [-0.1, -0.05) is 29.5 Å². The van der Waals surface area contributed by atoms with Crippen molar-refractivity contribution in [1.29, 1.82) is 0 Å². The third-order valence-corrected chi connectivity index (χ3v) is 2.77. The van der Waals surface area contributed by atoms with Gasteiger partial charge in [-0.05, 0) is 29.8 Å². The molecule has 0 unspecified atom stereocenters. The quantitative estimate of drug-likeness (QED) is 0.641. The Hall–Kier alpha value is -2.49. The maximum absolute atomic E-state index is 4.17. The van der Waals surface area contributed by atoms with Crippen molar-refractivity contribution in [3.8, 4) is 5.69 Å². The zero-order valence-corrected chi connectivity index (χ0v) is 9.99. The summed E-state index contributed by atoms with van der Waals surface area (Å²) in [6, 6.07) is 16.0. The van der Waals surface area contributed by atoms with Crippen LogP contribution in [0, 0.1) is 0 Å². The molecule has 0 saturated carbocycles. The van der Waals surface area contributed by atoms with Crippen LogP contribution in [0.2, 0.25) is 0 Å². The number of hydrogen-bond donors (Lipinski definition) is 0. The van der Waals surface area contributed by atoms with Crippen molar-refractivity contribution in [2.75, 3.05) is 7.05 Å². The summed E-state index contributed by atoms with van der Waals surface area (Å²) in [5.74, 6) is 0. The molecule has 0 spiro atoms. The maximum atomic E-state index is 4.17. The molecular formula is C14H12N4. The van der Waals surface area contributed by atoms with Crippen molar-refractivity contribution in [1.82, 2.24) is 15.0 Å². The Kier molecular flexibility index (Phi) is 2.61. The first-order valence-electron chi connectivity index (χ1n) is 5.71. The van der Waals surface area contributed by atoms with Crippen LogP contribution >= 0.6 is 0 Å². The normalized spacial score (nSPS) is 11.4. The van der Waals surface area contributed by atoms with Gasteiger partial charge in [0.05, 0.1) is 11.2 Å². The van der Waals surface area contributed by atoms with E-state index in [2.05, 4.69) is 15.3 Å². The van der Waals surface area contributed by atoms with Crippen molar-refractivity contribution < 1.29 is 0 Å². The molecule has 0 atom stereocenters. The van der Waals surface area contributed by atoms with Gasteiger partial charge in [-0.25, -0.2) is 4.68 Å². The van der Waals surface area contributed by atoms with Crippen LogP contribution in [0.1, 0.15) is 5.56 Å². The average Bonchev–Trinajstić information content (AvgIpc) is 2.84. The van der Waals surface area contributed by atoms with Crippen LogP contribution < -0.4 is 0 Å². The summed E-state index contributed by atoms with van der Waals surface area (Å²) in [7, 11) is 1.76. The fourth-order valence-corrected chi connectivity index (χ4v) is 1.91. The number of para-hydroxylation sites is 1. The van der Waals surface area contributed by atoms with Gasteiger partial charge < -0.3 is 0 Å². The van der Waals surface area contributed by atoms with Crippen molar-refractivity contribution in [2.45, 2.75) is 0 Å². The van der Waals surface area contributed by atoms with Crippen LogP contribution in [0.4, 0.5) is 0 Å². The molecule has 0 fully saturated rings. The number of benzene rings is 2. The molecule has 0 aliphatic carbocycles. The van der Waals surface area contributed by atoms with Crippen LogP contribution in [-0.4, -0.2) is 28.3 Å². The Balaban J connectivity index is 2.09. The summed E-state index contributed by atoms with van der Waals surface area (Å²) < 4.78 is 1.84. The molecule has 1 heterocycles. The lowest BCUT2D eigenvalue weighted by atomic mass is 10.2. The Morgan fingerprint density at radius 2 is 1.83 bits per heavy atom. The summed E-state index contributed by atoms with van der Waals surface area (Å²) in [4.78, 5) is 3.99. The molecule has 0 bridgehead atoms. The Morgan fingerprint density at radius 1 is 1.06 bits per heavy atom. The van der Waals surface area contributed by atoms with Gasteiger partial charge in [0.25, 0.3) is 0 Å². The van der Waals surface area contributed by atoms with Crippen LogP contribution in [-0.2, 0) is 0 Å². The minimum Gasteiger partial charge on any atom is -0.296 e. The molecule has 4 heteroatoms. The number of rotatable bonds is 2. The van der Waals surface area contributed by atoms with E-state index >= 15 is 0 Å². The standard InChI is InChI=1S/C14H12N4/c1-15-10-11-6-8-12(9-7-11)18-14-5-3-2-4-13(14)16-17-18/h2-10H,1H3/b15-10+. The maximum Gasteiger partial charge on any atom is 0.113 e.